The molecule has 3 heterocycles. The molecule has 7 nitrogen and oxygen atoms in total. The Bertz CT molecular complexity index is 1330. The van der Waals surface area contributed by atoms with Crippen LogP contribution in [0.5, 0.6) is 0 Å². The van der Waals surface area contributed by atoms with Crippen molar-refractivity contribution in [2.24, 2.45) is 0 Å². The Morgan fingerprint density at radius 1 is 1.03 bits per heavy atom. The minimum atomic E-state index is -0.216. The third-order valence-electron chi connectivity index (χ3n) is 6.63. The Kier molecular flexibility index (Phi) is 7.36. The van der Waals surface area contributed by atoms with Crippen molar-refractivity contribution < 1.29 is 4.79 Å². The van der Waals surface area contributed by atoms with Gasteiger partial charge in [-0.2, -0.15) is 0 Å². The molecule has 1 atom stereocenters. The number of aromatic nitrogens is 4. The third-order valence-corrected chi connectivity index (χ3v) is 8.37. The highest BCUT2D eigenvalue weighted by atomic mass is 79.9. The number of hydrogen-bond donors (Lipinski definition) is 0. The van der Waals surface area contributed by atoms with E-state index < -0.39 is 0 Å². The summed E-state index contributed by atoms with van der Waals surface area (Å²) in [6, 6.07) is 16.5. The summed E-state index contributed by atoms with van der Waals surface area (Å²) < 4.78 is 3.25. The van der Waals surface area contributed by atoms with E-state index in [4.69, 9.17) is 4.98 Å². The number of benzene rings is 2. The maximum absolute atomic E-state index is 13.3. The van der Waals surface area contributed by atoms with E-state index >= 15 is 0 Å². The van der Waals surface area contributed by atoms with Crippen molar-refractivity contribution in [3.05, 3.63) is 58.6 Å². The first kappa shape index (κ1) is 24.2. The van der Waals surface area contributed by atoms with Crippen LogP contribution in [0.15, 0.2) is 58.2 Å². The summed E-state index contributed by atoms with van der Waals surface area (Å²) >= 11 is 4.95. The topological polar surface area (TPSA) is 67.2 Å². The zero-order valence-electron chi connectivity index (χ0n) is 20.0. The number of amides is 1. The van der Waals surface area contributed by atoms with Gasteiger partial charge in [0, 0.05) is 42.6 Å². The van der Waals surface area contributed by atoms with Crippen LogP contribution in [-0.4, -0.2) is 73.4 Å². The molecule has 1 aliphatic heterocycles. The van der Waals surface area contributed by atoms with E-state index in [9.17, 15) is 4.79 Å². The molecule has 4 aromatic rings. The summed E-state index contributed by atoms with van der Waals surface area (Å²) in [7, 11) is 0. The minimum Gasteiger partial charge on any atom is -0.339 e. The lowest BCUT2D eigenvalue weighted by Gasteiger charge is -2.35. The number of thioether (sulfide) groups is 1. The summed E-state index contributed by atoms with van der Waals surface area (Å²) in [5.74, 6) is 0.173. The lowest BCUT2D eigenvalue weighted by Crippen LogP contribution is -2.50. The molecular formula is C26H29BrN6OS. The number of likely N-dealkylation sites (N-methyl/N-ethyl adjacent to an activating group) is 1. The number of halogens is 1. The van der Waals surface area contributed by atoms with E-state index in [2.05, 4.69) is 78.9 Å². The van der Waals surface area contributed by atoms with Crippen LogP contribution >= 0.6 is 27.7 Å². The standard InChI is InChI=1S/C26H29BrN6OS/c1-3-22(25(34)32-15-13-31(4-2)14-16-32)35-26-28-24-23(29-30-26)20-7-5-6-8-21(20)33(24)17-18-9-11-19(27)12-10-18/h5-12,22H,3-4,13-17H2,1-2H3. The number of nitrogens with zero attached hydrogens (tertiary/aromatic N) is 6. The predicted octanol–water partition coefficient (Wildman–Crippen LogP) is 4.83. The first-order valence-corrected chi connectivity index (χ1v) is 13.8. The van der Waals surface area contributed by atoms with Crippen LogP contribution < -0.4 is 0 Å². The van der Waals surface area contributed by atoms with Gasteiger partial charge in [0.25, 0.3) is 0 Å². The molecule has 2 aromatic carbocycles. The molecule has 182 valence electrons. The molecule has 0 N–H and O–H groups in total. The highest BCUT2D eigenvalue weighted by Gasteiger charge is 2.28. The van der Waals surface area contributed by atoms with Gasteiger partial charge < -0.3 is 14.4 Å². The van der Waals surface area contributed by atoms with Crippen LogP contribution in [0, 0.1) is 0 Å². The van der Waals surface area contributed by atoms with Crippen molar-refractivity contribution in [3.8, 4) is 0 Å². The second-order valence-corrected chi connectivity index (χ2v) is 10.9. The summed E-state index contributed by atoms with van der Waals surface area (Å²) in [5, 5.41) is 10.4. The Balaban J connectivity index is 1.44. The average Bonchev–Trinajstić information content (AvgIpc) is 3.21. The van der Waals surface area contributed by atoms with Gasteiger partial charge in [0.15, 0.2) is 5.65 Å². The van der Waals surface area contributed by atoms with E-state index in [0.717, 1.165) is 65.7 Å². The molecular weight excluding hydrogens is 524 g/mol. The lowest BCUT2D eigenvalue weighted by molar-refractivity contribution is -0.132. The van der Waals surface area contributed by atoms with E-state index in [-0.39, 0.29) is 11.2 Å². The van der Waals surface area contributed by atoms with E-state index in [1.807, 2.05) is 24.0 Å². The molecule has 1 aliphatic rings. The van der Waals surface area contributed by atoms with Crippen LogP contribution in [0.2, 0.25) is 0 Å². The molecule has 0 saturated carbocycles. The van der Waals surface area contributed by atoms with Gasteiger partial charge >= 0.3 is 0 Å². The number of carbonyl (C=O) groups excluding carboxylic acids is 1. The third kappa shape index (κ3) is 5.08. The molecule has 1 fully saturated rings. The molecule has 0 aliphatic carbocycles. The van der Waals surface area contributed by atoms with Crippen molar-refractivity contribution in [1.82, 2.24) is 29.5 Å². The zero-order chi connectivity index (χ0) is 24.4. The summed E-state index contributed by atoms with van der Waals surface area (Å²) in [6.07, 6.45) is 0.723. The number of carbonyl (C=O) groups is 1. The van der Waals surface area contributed by atoms with Gasteiger partial charge in [-0.05, 0) is 36.7 Å². The number of rotatable bonds is 7. The van der Waals surface area contributed by atoms with E-state index in [1.54, 1.807) is 0 Å². The van der Waals surface area contributed by atoms with Crippen molar-refractivity contribution >= 4 is 55.7 Å². The molecule has 35 heavy (non-hydrogen) atoms. The first-order valence-electron chi connectivity index (χ1n) is 12.1. The number of piperazine rings is 1. The largest absolute Gasteiger partial charge is 0.339 e. The summed E-state index contributed by atoms with van der Waals surface area (Å²) in [5.41, 5.74) is 3.84. The van der Waals surface area contributed by atoms with Crippen LogP contribution in [-0.2, 0) is 11.3 Å². The lowest BCUT2D eigenvalue weighted by atomic mass is 10.2. The maximum Gasteiger partial charge on any atom is 0.236 e. The molecule has 1 amide bonds. The normalized spacial score (nSPS) is 15.7. The molecule has 1 unspecified atom stereocenters. The Morgan fingerprint density at radius 2 is 1.77 bits per heavy atom. The fourth-order valence-corrected chi connectivity index (χ4v) is 5.76. The predicted molar refractivity (Wildman–Crippen MR) is 145 cm³/mol. The first-order chi connectivity index (χ1) is 17.1. The van der Waals surface area contributed by atoms with Gasteiger partial charge in [-0.15, -0.1) is 10.2 Å². The van der Waals surface area contributed by atoms with Crippen molar-refractivity contribution in [2.45, 2.75) is 37.2 Å². The smallest absolute Gasteiger partial charge is 0.236 e. The summed E-state index contributed by atoms with van der Waals surface area (Å²) in [6.45, 7) is 9.35. The minimum absolute atomic E-state index is 0.173. The van der Waals surface area contributed by atoms with Gasteiger partial charge in [-0.3, -0.25) is 4.79 Å². The van der Waals surface area contributed by atoms with Crippen LogP contribution in [0.25, 0.3) is 22.1 Å². The monoisotopic (exact) mass is 552 g/mol. The van der Waals surface area contributed by atoms with E-state index in [1.165, 1.54) is 17.3 Å². The van der Waals surface area contributed by atoms with E-state index in [0.29, 0.717) is 11.7 Å². The fourth-order valence-electron chi connectivity index (χ4n) is 4.60. The second kappa shape index (κ2) is 10.6. The summed E-state index contributed by atoms with van der Waals surface area (Å²) in [4.78, 5) is 22.6. The highest BCUT2D eigenvalue weighted by Crippen LogP contribution is 2.30. The fraction of sp³-hybridized carbons (Fsp3) is 0.385. The Hall–Kier alpha value is -2.49. The molecule has 5 rings (SSSR count). The van der Waals surface area contributed by atoms with Gasteiger partial charge in [0.05, 0.1) is 10.8 Å². The number of para-hydroxylation sites is 1. The number of fused-ring (bicyclic) bond motifs is 3. The highest BCUT2D eigenvalue weighted by molar-refractivity contribution is 9.10. The van der Waals surface area contributed by atoms with Crippen molar-refractivity contribution in [1.29, 1.82) is 0 Å². The van der Waals surface area contributed by atoms with Crippen LogP contribution in [0.1, 0.15) is 25.8 Å². The van der Waals surface area contributed by atoms with Crippen LogP contribution in [0.3, 0.4) is 0 Å². The Morgan fingerprint density at radius 3 is 2.49 bits per heavy atom. The second-order valence-electron chi connectivity index (χ2n) is 8.77. The number of hydrogen-bond acceptors (Lipinski definition) is 6. The van der Waals surface area contributed by atoms with Gasteiger partial charge in [0.1, 0.15) is 5.52 Å². The van der Waals surface area contributed by atoms with Crippen molar-refractivity contribution in [3.63, 3.8) is 0 Å². The van der Waals surface area contributed by atoms with Gasteiger partial charge in [0.2, 0.25) is 11.1 Å². The quantitative estimate of drug-likeness (QED) is 0.306. The Labute approximate surface area is 218 Å². The maximum atomic E-state index is 13.3. The van der Waals surface area contributed by atoms with Crippen LogP contribution in [0.4, 0.5) is 0 Å². The van der Waals surface area contributed by atoms with Gasteiger partial charge in [-0.25, -0.2) is 4.98 Å². The molecule has 1 saturated heterocycles. The van der Waals surface area contributed by atoms with Crippen molar-refractivity contribution in [2.75, 3.05) is 32.7 Å². The molecule has 9 heteroatoms. The molecule has 0 spiro atoms. The SMILES string of the molecule is CCC(Sc1nnc2c3ccccc3n(Cc3ccc(Br)cc3)c2n1)C(=O)N1CCN(CC)CC1. The van der Waals surface area contributed by atoms with Gasteiger partial charge in [-0.1, -0.05) is 71.9 Å². The molecule has 0 radical (unpaired) electrons. The average molecular weight is 554 g/mol. The molecule has 0 bridgehead atoms. The zero-order valence-corrected chi connectivity index (χ0v) is 22.4. The molecule has 2 aromatic heterocycles.